The second-order valence-electron chi connectivity index (χ2n) is 6.03. The van der Waals surface area contributed by atoms with Crippen LogP contribution in [-0.4, -0.2) is 15.8 Å². The first-order valence-corrected chi connectivity index (χ1v) is 7.12. The Bertz CT molecular complexity index is 409. The predicted octanol–water partition coefficient (Wildman–Crippen LogP) is 2.04. The average Bonchev–Trinajstić information content (AvgIpc) is 2.80. The second-order valence-corrected chi connectivity index (χ2v) is 6.03. The lowest BCUT2D eigenvalue weighted by atomic mass is 10.0. The molecule has 0 radical (unpaired) electrons. The van der Waals surface area contributed by atoms with Crippen molar-refractivity contribution in [2.45, 2.75) is 45.3 Å². The van der Waals surface area contributed by atoms with Crippen molar-refractivity contribution < 1.29 is 0 Å². The summed E-state index contributed by atoms with van der Waals surface area (Å²) >= 11 is 0. The molecule has 1 aromatic rings. The van der Waals surface area contributed by atoms with E-state index in [0.717, 1.165) is 42.8 Å². The van der Waals surface area contributed by atoms with Crippen LogP contribution in [-0.2, 0) is 13.1 Å². The summed E-state index contributed by atoms with van der Waals surface area (Å²) in [6, 6.07) is 2.98. The van der Waals surface area contributed by atoms with Crippen LogP contribution in [0.4, 0.5) is 0 Å². The molecule has 17 heavy (non-hydrogen) atoms. The molecule has 0 spiro atoms. The minimum atomic E-state index is 0.835. The SMILES string of the molecule is CCn1nccc1CNC1C2C3CCC(C3)C12. The summed E-state index contributed by atoms with van der Waals surface area (Å²) in [4.78, 5) is 0. The van der Waals surface area contributed by atoms with Gasteiger partial charge in [0.15, 0.2) is 0 Å². The van der Waals surface area contributed by atoms with Crippen LogP contribution < -0.4 is 5.32 Å². The molecule has 1 N–H and O–H groups in total. The molecule has 0 aromatic carbocycles. The molecule has 3 aliphatic carbocycles. The molecular formula is C14H21N3. The second kappa shape index (κ2) is 3.58. The van der Waals surface area contributed by atoms with E-state index in [1.807, 2.05) is 6.20 Å². The third-order valence-electron chi connectivity index (χ3n) is 5.36. The lowest BCUT2D eigenvalue weighted by molar-refractivity contribution is 0.454. The standard InChI is InChI=1S/C14H21N3/c1-2-17-11(5-6-16-17)8-15-14-12-9-3-4-10(7-9)13(12)14/h5-6,9-10,12-15H,2-4,7-8H2,1H3. The molecule has 3 aliphatic rings. The largest absolute Gasteiger partial charge is 0.308 e. The fourth-order valence-corrected chi connectivity index (χ4v) is 4.62. The smallest absolute Gasteiger partial charge is 0.0522 e. The summed E-state index contributed by atoms with van der Waals surface area (Å²) in [6.45, 7) is 4.14. The van der Waals surface area contributed by atoms with E-state index in [1.54, 1.807) is 6.42 Å². The molecule has 3 heteroatoms. The third kappa shape index (κ3) is 1.41. The van der Waals surface area contributed by atoms with Crippen LogP contribution in [0.1, 0.15) is 31.9 Å². The van der Waals surface area contributed by atoms with Crippen LogP contribution in [0.15, 0.2) is 12.3 Å². The summed E-state index contributed by atoms with van der Waals surface area (Å²) in [6.07, 6.45) is 6.48. The number of aryl methyl sites for hydroxylation is 1. The van der Waals surface area contributed by atoms with Gasteiger partial charge >= 0.3 is 0 Å². The van der Waals surface area contributed by atoms with Crippen molar-refractivity contribution in [3.63, 3.8) is 0 Å². The first kappa shape index (κ1) is 10.1. The van der Waals surface area contributed by atoms with Crippen LogP contribution in [0.3, 0.4) is 0 Å². The number of hydrogen-bond donors (Lipinski definition) is 1. The number of nitrogens with zero attached hydrogens (tertiary/aromatic N) is 2. The van der Waals surface area contributed by atoms with Gasteiger partial charge in [-0.25, -0.2) is 0 Å². The van der Waals surface area contributed by atoms with Crippen molar-refractivity contribution in [3.05, 3.63) is 18.0 Å². The van der Waals surface area contributed by atoms with E-state index in [9.17, 15) is 0 Å². The summed E-state index contributed by atoms with van der Waals surface area (Å²) in [5.74, 6) is 4.20. The Labute approximate surface area is 103 Å². The predicted molar refractivity (Wildman–Crippen MR) is 66.3 cm³/mol. The van der Waals surface area contributed by atoms with Gasteiger partial charge in [-0.3, -0.25) is 4.68 Å². The van der Waals surface area contributed by atoms with Gasteiger partial charge in [0, 0.05) is 25.3 Å². The zero-order chi connectivity index (χ0) is 11.4. The monoisotopic (exact) mass is 231 g/mol. The summed E-state index contributed by atoms with van der Waals surface area (Å²) in [7, 11) is 0. The van der Waals surface area contributed by atoms with Crippen LogP contribution in [0.25, 0.3) is 0 Å². The maximum absolute atomic E-state index is 4.32. The maximum Gasteiger partial charge on any atom is 0.0522 e. The number of aromatic nitrogens is 2. The molecule has 4 unspecified atom stereocenters. The topological polar surface area (TPSA) is 29.9 Å². The molecule has 0 aliphatic heterocycles. The Morgan fingerprint density at radius 3 is 2.82 bits per heavy atom. The van der Waals surface area contributed by atoms with E-state index in [2.05, 4.69) is 28.1 Å². The Morgan fingerprint density at radius 2 is 2.12 bits per heavy atom. The van der Waals surface area contributed by atoms with E-state index in [1.165, 1.54) is 18.5 Å². The molecule has 3 saturated carbocycles. The van der Waals surface area contributed by atoms with E-state index in [-0.39, 0.29) is 0 Å². The van der Waals surface area contributed by atoms with Crippen molar-refractivity contribution in [3.8, 4) is 0 Å². The number of fused-ring (bicyclic) bond motifs is 5. The first-order chi connectivity index (χ1) is 8.38. The normalized spacial score (nSPS) is 41.8. The van der Waals surface area contributed by atoms with Gasteiger partial charge in [0.25, 0.3) is 0 Å². The Morgan fingerprint density at radius 1 is 1.35 bits per heavy atom. The molecule has 4 atom stereocenters. The summed E-state index contributed by atoms with van der Waals surface area (Å²) in [5.41, 5.74) is 1.34. The Kier molecular flexibility index (Phi) is 2.13. The van der Waals surface area contributed by atoms with Crippen molar-refractivity contribution in [2.75, 3.05) is 0 Å². The molecule has 3 nitrogen and oxygen atoms in total. The molecule has 0 saturated heterocycles. The average molecular weight is 231 g/mol. The van der Waals surface area contributed by atoms with Crippen LogP contribution in [0, 0.1) is 23.7 Å². The molecule has 92 valence electrons. The van der Waals surface area contributed by atoms with Gasteiger partial charge in [-0.1, -0.05) is 0 Å². The fourth-order valence-electron chi connectivity index (χ4n) is 4.62. The van der Waals surface area contributed by atoms with E-state index < -0.39 is 0 Å². The van der Waals surface area contributed by atoms with Gasteiger partial charge in [-0.15, -0.1) is 0 Å². The number of nitrogens with one attached hydrogen (secondary N) is 1. The van der Waals surface area contributed by atoms with Crippen molar-refractivity contribution in [1.29, 1.82) is 0 Å². The quantitative estimate of drug-likeness (QED) is 0.859. The highest BCUT2D eigenvalue weighted by molar-refractivity contribution is 5.17. The van der Waals surface area contributed by atoms with E-state index >= 15 is 0 Å². The van der Waals surface area contributed by atoms with Gasteiger partial charge in [0.1, 0.15) is 0 Å². The Balaban J connectivity index is 1.38. The lowest BCUT2D eigenvalue weighted by Gasteiger charge is -2.11. The van der Waals surface area contributed by atoms with Gasteiger partial charge < -0.3 is 5.32 Å². The van der Waals surface area contributed by atoms with Crippen molar-refractivity contribution >= 4 is 0 Å². The van der Waals surface area contributed by atoms with E-state index in [4.69, 9.17) is 0 Å². The highest BCUT2D eigenvalue weighted by atomic mass is 15.3. The maximum atomic E-state index is 4.32. The Hall–Kier alpha value is -0.830. The van der Waals surface area contributed by atoms with Gasteiger partial charge in [-0.2, -0.15) is 5.10 Å². The minimum Gasteiger partial charge on any atom is -0.308 e. The highest BCUT2D eigenvalue weighted by Gasteiger charge is 2.64. The van der Waals surface area contributed by atoms with Gasteiger partial charge in [-0.05, 0) is 55.9 Å². The summed E-state index contributed by atoms with van der Waals surface area (Å²) in [5, 5.41) is 8.10. The summed E-state index contributed by atoms with van der Waals surface area (Å²) < 4.78 is 2.10. The van der Waals surface area contributed by atoms with Gasteiger partial charge in [0.2, 0.25) is 0 Å². The fraction of sp³-hybridized carbons (Fsp3) is 0.786. The molecule has 3 fully saturated rings. The number of hydrogen-bond acceptors (Lipinski definition) is 2. The molecule has 0 amide bonds. The first-order valence-electron chi connectivity index (χ1n) is 7.12. The lowest BCUT2D eigenvalue weighted by Crippen LogP contribution is -2.24. The minimum absolute atomic E-state index is 0.835. The third-order valence-corrected chi connectivity index (χ3v) is 5.36. The molecule has 2 bridgehead atoms. The zero-order valence-electron chi connectivity index (χ0n) is 10.5. The zero-order valence-corrected chi connectivity index (χ0v) is 10.5. The van der Waals surface area contributed by atoms with Crippen LogP contribution in [0.5, 0.6) is 0 Å². The van der Waals surface area contributed by atoms with Gasteiger partial charge in [0.05, 0.1) is 5.69 Å². The highest BCUT2D eigenvalue weighted by Crippen LogP contribution is 2.65. The van der Waals surface area contributed by atoms with Crippen LogP contribution in [0.2, 0.25) is 0 Å². The van der Waals surface area contributed by atoms with Crippen molar-refractivity contribution in [1.82, 2.24) is 15.1 Å². The van der Waals surface area contributed by atoms with Crippen LogP contribution >= 0.6 is 0 Å². The molecule has 1 aromatic heterocycles. The molecular weight excluding hydrogens is 210 g/mol. The molecule has 4 rings (SSSR count). The molecule has 1 heterocycles. The van der Waals surface area contributed by atoms with E-state index in [0.29, 0.717) is 0 Å². The van der Waals surface area contributed by atoms with Crippen molar-refractivity contribution in [2.24, 2.45) is 23.7 Å². The number of rotatable bonds is 4.